The largest absolute Gasteiger partial charge is 0.488 e. The summed E-state index contributed by atoms with van der Waals surface area (Å²) >= 11 is 0. The Kier molecular flexibility index (Phi) is 7.53. The van der Waals surface area contributed by atoms with Gasteiger partial charge >= 0.3 is 12.4 Å². The molecule has 204 valence electrons. The van der Waals surface area contributed by atoms with E-state index in [1.165, 1.54) is 24.3 Å². The average molecular weight is 561 g/mol. The van der Waals surface area contributed by atoms with Gasteiger partial charge in [-0.3, -0.25) is 4.72 Å². The summed E-state index contributed by atoms with van der Waals surface area (Å²) < 4.78 is 119. The molecule has 0 radical (unpaired) electrons. The van der Waals surface area contributed by atoms with Crippen molar-refractivity contribution < 1.29 is 44.2 Å². The molecule has 6 nitrogen and oxygen atoms in total. The van der Waals surface area contributed by atoms with Crippen molar-refractivity contribution in [3.63, 3.8) is 0 Å². The first-order valence-corrected chi connectivity index (χ1v) is 12.7. The maximum Gasteiger partial charge on any atom is 0.419 e. The molecular formula is C25H22F6N2O4S. The van der Waals surface area contributed by atoms with Crippen LogP contribution in [0.3, 0.4) is 0 Å². The quantitative estimate of drug-likeness (QED) is 0.339. The lowest BCUT2D eigenvalue weighted by Crippen LogP contribution is -2.23. The molecule has 1 aliphatic heterocycles. The molecule has 1 heterocycles. The van der Waals surface area contributed by atoms with Gasteiger partial charge in [0.05, 0.1) is 21.7 Å². The molecule has 1 fully saturated rings. The molecule has 0 unspecified atom stereocenters. The fourth-order valence-electron chi connectivity index (χ4n) is 3.91. The zero-order valence-corrected chi connectivity index (χ0v) is 20.6. The number of para-hydroxylation sites is 1. The van der Waals surface area contributed by atoms with Crippen LogP contribution in [0, 0.1) is 0 Å². The van der Waals surface area contributed by atoms with Crippen LogP contribution < -0.4 is 14.2 Å². The van der Waals surface area contributed by atoms with E-state index in [9.17, 15) is 34.8 Å². The molecule has 0 aromatic heterocycles. The predicted octanol–water partition coefficient (Wildman–Crippen LogP) is 6.40. The summed E-state index contributed by atoms with van der Waals surface area (Å²) in [6.45, 7) is 1.08. The van der Waals surface area contributed by atoms with Crippen molar-refractivity contribution in [3.8, 4) is 17.2 Å². The van der Waals surface area contributed by atoms with Crippen LogP contribution in [0.2, 0.25) is 0 Å². The number of nitrogens with one attached hydrogen (secondary N) is 1. The molecule has 0 saturated carbocycles. The second kappa shape index (κ2) is 10.4. The molecule has 3 aromatic carbocycles. The number of benzene rings is 3. The van der Waals surface area contributed by atoms with Crippen LogP contribution in [-0.4, -0.2) is 39.6 Å². The molecular weight excluding hydrogens is 538 g/mol. The highest BCUT2D eigenvalue weighted by molar-refractivity contribution is 7.92. The molecule has 1 aliphatic rings. The van der Waals surface area contributed by atoms with Crippen LogP contribution in [0.5, 0.6) is 17.2 Å². The van der Waals surface area contributed by atoms with Crippen LogP contribution in [0.25, 0.3) is 0 Å². The molecule has 1 saturated heterocycles. The van der Waals surface area contributed by atoms with E-state index in [2.05, 4.69) is 4.72 Å². The lowest BCUT2D eigenvalue weighted by Gasteiger charge is -2.19. The maximum atomic E-state index is 13.5. The number of likely N-dealkylation sites (tertiary alicyclic amines) is 1. The minimum Gasteiger partial charge on any atom is -0.488 e. The van der Waals surface area contributed by atoms with Crippen molar-refractivity contribution in [2.45, 2.75) is 29.8 Å². The first-order valence-electron chi connectivity index (χ1n) is 11.3. The van der Waals surface area contributed by atoms with Gasteiger partial charge in [-0.15, -0.1) is 0 Å². The second-order valence-electron chi connectivity index (χ2n) is 8.67. The minimum absolute atomic E-state index is 0.0487. The van der Waals surface area contributed by atoms with Gasteiger partial charge in [-0.2, -0.15) is 26.3 Å². The molecule has 0 amide bonds. The number of ether oxygens (including phenoxy) is 2. The van der Waals surface area contributed by atoms with E-state index >= 15 is 0 Å². The van der Waals surface area contributed by atoms with E-state index < -0.39 is 51.1 Å². The van der Waals surface area contributed by atoms with Gasteiger partial charge in [0.1, 0.15) is 23.4 Å². The van der Waals surface area contributed by atoms with Crippen molar-refractivity contribution in [1.82, 2.24) is 4.90 Å². The summed E-state index contributed by atoms with van der Waals surface area (Å²) in [4.78, 5) is 1.62. The second-order valence-corrected chi connectivity index (χ2v) is 10.4. The molecule has 1 atom stereocenters. The number of hydrogen-bond acceptors (Lipinski definition) is 5. The van der Waals surface area contributed by atoms with Crippen LogP contribution in [0.15, 0.2) is 71.6 Å². The zero-order valence-electron chi connectivity index (χ0n) is 19.8. The lowest BCUT2D eigenvalue weighted by atomic mass is 10.1. The zero-order chi connectivity index (χ0) is 27.7. The van der Waals surface area contributed by atoms with Gasteiger partial charge in [-0.1, -0.05) is 12.1 Å². The van der Waals surface area contributed by atoms with Crippen LogP contribution in [-0.2, 0) is 22.4 Å². The van der Waals surface area contributed by atoms with E-state index in [1.54, 1.807) is 0 Å². The van der Waals surface area contributed by atoms with Crippen molar-refractivity contribution in [2.75, 3.05) is 24.9 Å². The highest BCUT2D eigenvalue weighted by Crippen LogP contribution is 2.40. The number of likely N-dealkylation sites (N-methyl/N-ethyl adjacent to an activating group) is 1. The fraction of sp³-hybridized carbons (Fsp3) is 0.280. The van der Waals surface area contributed by atoms with Gasteiger partial charge in [-0.25, -0.2) is 8.42 Å². The number of halogens is 6. The summed E-state index contributed by atoms with van der Waals surface area (Å²) in [5.74, 6) is -1.00. The Morgan fingerprint density at radius 3 is 2.11 bits per heavy atom. The Hall–Kier alpha value is -3.45. The average Bonchev–Trinajstić information content (AvgIpc) is 3.22. The Morgan fingerprint density at radius 2 is 1.50 bits per heavy atom. The Bertz CT molecular complexity index is 1390. The monoisotopic (exact) mass is 560 g/mol. The highest BCUT2D eigenvalue weighted by Gasteiger charge is 2.36. The van der Waals surface area contributed by atoms with E-state index in [-0.39, 0.29) is 16.3 Å². The molecule has 3 aromatic rings. The first-order chi connectivity index (χ1) is 17.7. The number of hydrogen-bond donors (Lipinski definition) is 1. The fourth-order valence-corrected chi connectivity index (χ4v) is 4.96. The summed E-state index contributed by atoms with van der Waals surface area (Å²) in [6, 6.07) is 11.8. The van der Waals surface area contributed by atoms with Gasteiger partial charge in [0.15, 0.2) is 0 Å². The number of anilines is 1. The molecule has 0 aliphatic carbocycles. The van der Waals surface area contributed by atoms with Crippen molar-refractivity contribution in [1.29, 1.82) is 0 Å². The van der Waals surface area contributed by atoms with E-state index in [0.717, 1.165) is 42.5 Å². The molecule has 1 N–H and O–H groups in total. The lowest BCUT2D eigenvalue weighted by molar-refractivity contribution is -0.139. The third-order valence-corrected chi connectivity index (χ3v) is 7.13. The normalized spacial score (nSPS) is 16.9. The SMILES string of the molecule is CN1CC[C@@H](Oc2cc(NS(=O)(=O)c3ccc(Oc4ccccc4C(F)(F)F)cc3)ccc2C(F)(F)F)C1. The van der Waals surface area contributed by atoms with Crippen molar-refractivity contribution in [3.05, 3.63) is 77.9 Å². The Morgan fingerprint density at radius 1 is 0.868 bits per heavy atom. The summed E-state index contributed by atoms with van der Waals surface area (Å²) in [7, 11) is -2.46. The van der Waals surface area contributed by atoms with Crippen LogP contribution >= 0.6 is 0 Å². The third-order valence-electron chi connectivity index (χ3n) is 5.74. The molecule has 0 bridgehead atoms. The number of sulfonamides is 1. The number of rotatable bonds is 7. The summed E-state index contributed by atoms with van der Waals surface area (Å²) in [5, 5.41) is 0. The van der Waals surface area contributed by atoms with E-state index in [1.807, 2.05) is 11.9 Å². The van der Waals surface area contributed by atoms with Gasteiger partial charge in [-0.05, 0) is 62.0 Å². The Labute approximate surface area is 214 Å². The van der Waals surface area contributed by atoms with E-state index in [0.29, 0.717) is 19.5 Å². The predicted molar refractivity (Wildman–Crippen MR) is 127 cm³/mol. The van der Waals surface area contributed by atoms with Gasteiger partial charge < -0.3 is 14.4 Å². The smallest absolute Gasteiger partial charge is 0.419 e. The minimum atomic E-state index is -4.71. The van der Waals surface area contributed by atoms with Gasteiger partial charge in [0, 0.05) is 19.2 Å². The van der Waals surface area contributed by atoms with Gasteiger partial charge in [0.2, 0.25) is 0 Å². The first kappa shape index (κ1) is 27.6. The van der Waals surface area contributed by atoms with Crippen molar-refractivity contribution in [2.24, 2.45) is 0 Å². The van der Waals surface area contributed by atoms with Crippen LogP contribution in [0.4, 0.5) is 32.0 Å². The Balaban J connectivity index is 1.53. The summed E-state index contributed by atoms with van der Waals surface area (Å²) in [6.07, 6.45) is -9.33. The molecule has 13 heteroatoms. The van der Waals surface area contributed by atoms with E-state index in [4.69, 9.17) is 9.47 Å². The molecule has 4 rings (SSSR count). The topological polar surface area (TPSA) is 67.9 Å². The third kappa shape index (κ3) is 6.51. The van der Waals surface area contributed by atoms with Crippen molar-refractivity contribution >= 4 is 15.7 Å². The summed E-state index contributed by atoms with van der Waals surface area (Å²) in [5.41, 5.74) is -2.18. The van der Waals surface area contributed by atoms with Crippen LogP contribution in [0.1, 0.15) is 17.5 Å². The highest BCUT2D eigenvalue weighted by atomic mass is 32.2. The number of nitrogens with zero attached hydrogens (tertiary/aromatic N) is 1. The van der Waals surface area contributed by atoms with Gasteiger partial charge in [0.25, 0.3) is 10.0 Å². The molecule has 38 heavy (non-hydrogen) atoms. The molecule has 0 spiro atoms. The number of alkyl halides is 6. The standard InChI is InChI=1S/C25H22F6N2O4S/c1-33-13-12-18(15-33)37-23-14-16(6-11-21(23)25(29,30)31)32-38(34,35)19-9-7-17(8-10-19)36-22-5-3-2-4-20(22)24(26,27)28/h2-11,14,18,32H,12-13,15H2,1H3/t18-/m1/s1. The maximum absolute atomic E-state index is 13.5.